The second-order valence-electron chi connectivity index (χ2n) is 3.97. The molecule has 0 radical (unpaired) electrons. The van der Waals surface area contributed by atoms with Gasteiger partial charge in [-0.25, -0.2) is 4.79 Å². The molecule has 1 N–H and O–H groups in total. The van der Waals surface area contributed by atoms with Crippen molar-refractivity contribution in [2.75, 3.05) is 0 Å². The van der Waals surface area contributed by atoms with E-state index in [0.717, 1.165) is 18.2 Å². The van der Waals surface area contributed by atoms with Crippen LogP contribution >= 0.6 is 11.3 Å². The molecule has 0 saturated carbocycles. The summed E-state index contributed by atoms with van der Waals surface area (Å²) in [5.74, 6) is -1.09. The van der Waals surface area contributed by atoms with E-state index in [2.05, 4.69) is 0 Å². The van der Waals surface area contributed by atoms with Crippen LogP contribution in [0.3, 0.4) is 0 Å². The Morgan fingerprint density at radius 1 is 1.37 bits per heavy atom. The van der Waals surface area contributed by atoms with E-state index < -0.39 is 17.7 Å². The third kappa shape index (κ3) is 2.78. The van der Waals surface area contributed by atoms with Crippen LogP contribution in [0.2, 0.25) is 0 Å². The number of hydrogen-bond donors (Lipinski definition) is 1. The largest absolute Gasteiger partial charge is 0.478 e. The van der Waals surface area contributed by atoms with Crippen LogP contribution in [0.1, 0.15) is 16.0 Å². The summed E-state index contributed by atoms with van der Waals surface area (Å²) >= 11 is 1.27. The minimum Gasteiger partial charge on any atom is -0.478 e. The van der Waals surface area contributed by atoms with Gasteiger partial charge in [0.15, 0.2) is 0 Å². The Hall–Kier alpha value is -1.82. The van der Waals surface area contributed by atoms with Crippen LogP contribution in [0.4, 0.5) is 13.2 Å². The summed E-state index contributed by atoms with van der Waals surface area (Å²) in [5.41, 5.74) is -0.0433. The number of alkyl halides is 3. The Morgan fingerprint density at radius 2 is 2.05 bits per heavy atom. The first-order chi connectivity index (χ1) is 8.79. The molecule has 1 aromatic carbocycles. The number of aliphatic carboxylic acids is 1. The predicted molar refractivity (Wildman–Crippen MR) is 68.2 cm³/mol. The van der Waals surface area contributed by atoms with Crippen LogP contribution in [0.15, 0.2) is 24.3 Å². The van der Waals surface area contributed by atoms with Gasteiger partial charge in [0.1, 0.15) is 0 Å². The van der Waals surface area contributed by atoms with Crippen LogP contribution in [0.5, 0.6) is 0 Å². The summed E-state index contributed by atoms with van der Waals surface area (Å²) in [6.07, 6.45) is -2.00. The Balaban J connectivity index is 2.55. The van der Waals surface area contributed by atoms with Crippen molar-refractivity contribution in [2.24, 2.45) is 0 Å². The van der Waals surface area contributed by atoms with Crippen molar-refractivity contribution in [3.05, 3.63) is 40.3 Å². The van der Waals surface area contributed by atoms with Gasteiger partial charge in [0, 0.05) is 15.7 Å². The number of aryl methyl sites for hydroxylation is 1. The fourth-order valence-corrected chi connectivity index (χ4v) is 2.82. The van der Waals surface area contributed by atoms with Crippen LogP contribution in [-0.2, 0) is 11.0 Å². The molecule has 2 nitrogen and oxygen atoms in total. The Bertz CT molecular complexity index is 668. The standard InChI is InChI=1S/C13H9F3O2S/c1-7-9-6-8(13(14,15)16)2-3-11(9)19-10(7)4-5-12(17)18/h2-6H,1H3,(H,17,18). The molecule has 1 aromatic heterocycles. The number of fused-ring (bicyclic) bond motifs is 1. The van der Waals surface area contributed by atoms with Gasteiger partial charge in [-0.15, -0.1) is 11.3 Å². The molecule has 0 aliphatic rings. The second kappa shape index (κ2) is 4.70. The van der Waals surface area contributed by atoms with Gasteiger partial charge in [0.25, 0.3) is 0 Å². The van der Waals surface area contributed by atoms with Gasteiger partial charge in [-0.3, -0.25) is 0 Å². The van der Waals surface area contributed by atoms with Gasteiger partial charge in [-0.1, -0.05) is 0 Å². The fraction of sp³-hybridized carbons (Fsp3) is 0.154. The first-order valence-electron chi connectivity index (χ1n) is 5.30. The van der Waals surface area contributed by atoms with Crippen LogP contribution in [-0.4, -0.2) is 11.1 Å². The van der Waals surface area contributed by atoms with Crippen molar-refractivity contribution in [3.63, 3.8) is 0 Å². The maximum atomic E-state index is 12.6. The lowest BCUT2D eigenvalue weighted by Crippen LogP contribution is -2.03. The Morgan fingerprint density at radius 3 is 2.63 bits per heavy atom. The molecule has 1 heterocycles. The summed E-state index contributed by atoms with van der Waals surface area (Å²) in [7, 11) is 0. The molecule has 0 unspecified atom stereocenters. The average molecular weight is 286 g/mol. The maximum absolute atomic E-state index is 12.6. The Kier molecular flexibility index (Phi) is 3.36. The highest BCUT2D eigenvalue weighted by atomic mass is 32.1. The van der Waals surface area contributed by atoms with E-state index in [1.165, 1.54) is 23.5 Å². The molecule has 100 valence electrons. The second-order valence-corrected chi connectivity index (χ2v) is 5.06. The monoisotopic (exact) mass is 286 g/mol. The number of carboxylic acids is 1. The maximum Gasteiger partial charge on any atom is 0.416 e. The zero-order chi connectivity index (χ0) is 14.2. The number of benzene rings is 1. The molecule has 2 aromatic rings. The molecule has 0 atom stereocenters. The van der Waals surface area contributed by atoms with E-state index in [1.807, 2.05) is 0 Å². The molecular formula is C13H9F3O2S. The molecule has 2 rings (SSSR count). The fourth-order valence-electron chi connectivity index (χ4n) is 1.72. The van der Waals surface area contributed by atoms with Crippen molar-refractivity contribution in [2.45, 2.75) is 13.1 Å². The third-order valence-corrected chi connectivity index (χ3v) is 3.92. The smallest absolute Gasteiger partial charge is 0.416 e. The Labute approximate surface area is 110 Å². The zero-order valence-corrected chi connectivity index (χ0v) is 10.6. The summed E-state index contributed by atoms with van der Waals surface area (Å²) in [6.45, 7) is 1.68. The summed E-state index contributed by atoms with van der Waals surface area (Å²) in [4.78, 5) is 11.1. The highest BCUT2D eigenvalue weighted by Crippen LogP contribution is 2.36. The minimum atomic E-state index is -4.38. The lowest BCUT2D eigenvalue weighted by Gasteiger charge is -2.06. The van der Waals surface area contributed by atoms with E-state index >= 15 is 0 Å². The highest BCUT2D eigenvalue weighted by molar-refractivity contribution is 7.20. The number of halogens is 3. The molecule has 0 bridgehead atoms. The quantitative estimate of drug-likeness (QED) is 0.834. The molecule has 19 heavy (non-hydrogen) atoms. The summed E-state index contributed by atoms with van der Waals surface area (Å²) < 4.78 is 38.6. The van der Waals surface area contributed by atoms with Gasteiger partial charge in [0.2, 0.25) is 0 Å². The first-order valence-corrected chi connectivity index (χ1v) is 6.12. The molecule has 0 fully saturated rings. The number of carboxylic acid groups (broad SMARTS) is 1. The first kappa shape index (κ1) is 13.6. The predicted octanol–water partition coefficient (Wildman–Crippen LogP) is 4.33. The molecule has 0 amide bonds. The zero-order valence-electron chi connectivity index (χ0n) is 9.78. The number of hydrogen-bond acceptors (Lipinski definition) is 2. The number of thiophene rings is 1. The van der Waals surface area contributed by atoms with E-state index in [9.17, 15) is 18.0 Å². The van der Waals surface area contributed by atoms with Crippen molar-refractivity contribution in [1.29, 1.82) is 0 Å². The van der Waals surface area contributed by atoms with Crippen molar-refractivity contribution < 1.29 is 23.1 Å². The highest BCUT2D eigenvalue weighted by Gasteiger charge is 2.30. The lowest BCUT2D eigenvalue weighted by molar-refractivity contribution is -0.137. The van der Waals surface area contributed by atoms with Crippen molar-refractivity contribution in [3.8, 4) is 0 Å². The van der Waals surface area contributed by atoms with E-state index in [4.69, 9.17) is 5.11 Å². The van der Waals surface area contributed by atoms with Gasteiger partial charge >= 0.3 is 12.1 Å². The molecule has 0 aliphatic heterocycles. The topological polar surface area (TPSA) is 37.3 Å². The van der Waals surface area contributed by atoms with Crippen LogP contribution in [0.25, 0.3) is 16.2 Å². The van der Waals surface area contributed by atoms with Gasteiger partial charge in [-0.2, -0.15) is 13.2 Å². The van der Waals surface area contributed by atoms with Crippen molar-refractivity contribution >= 4 is 33.5 Å². The van der Waals surface area contributed by atoms with Crippen LogP contribution < -0.4 is 0 Å². The molecular weight excluding hydrogens is 277 g/mol. The van der Waals surface area contributed by atoms with Crippen molar-refractivity contribution in [1.82, 2.24) is 0 Å². The minimum absolute atomic E-state index is 0.505. The molecule has 6 heteroatoms. The van der Waals surface area contributed by atoms with Crippen LogP contribution in [0, 0.1) is 6.92 Å². The van der Waals surface area contributed by atoms with E-state index in [1.54, 1.807) is 6.92 Å². The normalized spacial score (nSPS) is 12.4. The molecule has 0 spiro atoms. The molecule has 0 saturated heterocycles. The number of rotatable bonds is 2. The van der Waals surface area contributed by atoms with Gasteiger partial charge < -0.3 is 5.11 Å². The molecule has 0 aliphatic carbocycles. The number of carbonyl (C=O) groups is 1. The summed E-state index contributed by atoms with van der Waals surface area (Å²) in [6, 6.07) is 3.54. The summed E-state index contributed by atoms with van der Waals surface area (Å²) in [5, 5.41) is 9.06. The third-order valence-electron chi connectivity index (χ3n) is 2.68. The average Bonchev–Trinajstić information content (AvgIpc) is 2.62. The van der Waals surface area contributed by atoms with E-state index in [-0.39, 0.29) is 0 Å². The van der Waals surface area contributed by atoms with Gasteiger partial charge in [-0.05, 0) is 42.1 Å². The SMILES string of the molecule is Cc1c(C=CC(=O)O)sc2ccc(C(F)(F)F)cc12. The van der Waals surface area contributed by atoms with E-state index in [0.29, 0.717) is 20.5 Å². The lowest BCUT2D eigenvalue weighted by atomic mass is 10.1. The van der Waals surface area contributed by atoms with Gasteiger partial charge in [0.05, 0.1) is 5.56 Å².